The maximum atomic E-state index is 12.1. The number of nitrogens with zero attached hydrogens (tertiary/aromatic N) is 2. The molecule has 2 aromatic rings. The van der Waals surface area contributed by atoms with E-state index in [-0.39, 0.29) is 16.2 Å². The minimum absolute atomic E-state index is 0.0762. The van der Waals surface area contributed by atoms with Gasteiger partial charge in [-0.15, -0.1) is 0 Å². The van der Waals surface area contributed by atoms with Gasteiger partial charge in [0.1, 0.15) is 5.56 Å². The first kappa shape index (κ1) is 14.5. The van der Waals surface area contributed by atoms with Crippen LogP contribution >= 0.6 is 23.8 Å². The van der Waals surface area contributed by atoms with Gasteiger partial charge in [0, 0.05) is 11.2 Å². The van der Waals surface area contributed by atoms with Crippen molar-refractivity contribution in [2.45, 2.75) is 0 Å². The molecule has 1 aromatic heterocycles. The lowest BCUT2D eigenvalue weighted by atomic mass is 10.2. The van der Waals surface area contributed by atoms with Crippen LogP contribution in [0.3, 0.4) is 0 Å². The molecule has 2 N–H and O–H groups in total. The standard InChI is InChI=1S/C15H10ClN3O2S/c16-9-3-1-5-11(7-9)19-14(21)12(13(20)18-15(19)22)8-10-4-2-6-17-10/h1-8,21H,(H,18,20,22)/b10-8+. The highest BCUT2D eigenvalue weighted by atomic mass is 35.5. The quantitative estimate of drug-likeness (QED) is 0.830. The summed E-state index contributed by atoms with van der Waals surface area (Å²) in [6, 6.07) is 6.80. The van der Waals surface area contributed by atoms with E-state index in [1.54, 1.807) is 42.6 Å². The lowest BCUT2D eigenvalue weighted by Crippen LogP contribution is -2.16. The van der Waals surface area contributed by atoms with Crippen LogP contribution in [0, 0.1) is 4.77 Å². The Morgan fingerprint density at radius 1 is 1.41 bits per heavy atom. The minimum atomic E-state index is -0.483. The van der Waals surface area contributed by atoms with E-state index in [1.807, 2.05) is 0 Å². The second-order valence-corrected chi connectivity index (χ2v) is 5.34. The van der Waals surface area contributed by atoms with Crippen molar-refractivity contribution in [2.24, 2.45) is 4.99 Å². The van der Waals surface area contributed by atoms with Crippen LogP contribution in [0.4, 0.5) is 0 Å². The summed E-state index contributed by atoms with van der Waals surface area (Å²) < 4.78 is 1.43. The van der Waals surface area contributed by atoms with Crippen LogP contribution < -0.4 is 5.56 Å². The Labute approximate surface area is 135 Å². The summed E-state index contributed by atoms with van der Waals surface area (Å²) in [5, 5.41) is 11.0. The lowest BCUT2D eigenvalue weighted by Gasteiger charge is -2.11. The Kier molecular flexibility index (Phi) is 3.79. The van der Waals surface area contributed by atoms with Gasteiger partial charge < -0.3 is 5.11 Å². The maximum absolute atomic E-state index is 12.1. The van der Waals surface area contributed by atoms with Gasteiger partial charge in [-0.25, -0.2) is 0 Å². The molecule has 1 aliphatic heterocycles. The number of hydrogen-bond acceptors (Lipinski definition) is 4. The number of halogens is 1. The summed E-state index contributed by atoms with van der Waals surface area (Å²) in [4.78, 5) is 18.7. The average Bonchev–Trinajstić information content (AvgIpc) is 2.96. The molecule has 110 valence electrons. The molecule has 22 heavy (non-hydrogen) atoms. The number of hydrogen-bond donors (Lipinski definition) is 2. The highest BCUT2D eigenvalue weighted by Gasteiger charge is 2.13. The molecular formula is C15H10ClN3O2S. The van der Waals surface area contributed by atoms with Crippen LogP contribution in [-0.2, 0) is 0 Å². The van der Waals surface area contributed by atoms with E-state index < -0.39 is 5.56 Å². The molecule has 0 fully saturated rings. The molecule has 0 bridgehead atoms. The van der Waals surface area contributed by atoms with Gasteiger partial charge in [-0.2, -0.15) is 0 Å². The highest BCUT2D eigenvalue weighted by Crippen LogP contribution is 2.24. The predicted octanol–water partition coefficient (Wildman–Crippen LogP) is 3.24. The summed E-state index contributed by atoms with van der Waals surface area (Å²) in [5.74, 6) is -0.265. The van der Waals surface area contributed by atoms with Crippen LogP contribution in [0.2, 0.25) is 5.02 Å². The molecule has 7 heteroatoms. The van der Waals surface area contributed by atoms with E-state index in [0.29, 0.717) is 16.4 Å². The highest BCUT2D eigenvalue weighted by molar-refractivity contribution is 7.71. The van der Waals surface area contributed by atoms with Crippen molar-refractivity contribution >= 4 is 36.1 Å². The number of benzene rings is 1. The van der Waals surface area contributed by atoms with Crippen molar-refractivity contribution in [2.75, 3.05) is 0 Å². The topological polar surface area (TPSA) is 70.4 Å². The Hall–Kier alpha value is -2.44. The fourth-order valence-corrected chi connectivity index (χ4v) is 2.54. The van der Waals surface area contributed by atoms with E-state index in [0.717, 1.165) is 0 Å². The molecule has 3 rings (SSSR count). The zero-order valence-corrected chi connectivity index (χ0v) is 12.7. The number of rotatable bonds is 2. The molecular weight excluding hydrogens is 322 g/mol. The number of allylic oxidation sites excluding steroid dienone is 2. The molecule has 0 saturated heterocycles. The number of aromatic amines is 1. The summed E-state index contributed by atoms with van der Waals surface area (Å²) in [7, 11) is 0. The zero-order valence-electron chi connectivity index (χ0n) is 11.2. The SMILES string of the molecule is O=c1[nH]c(=S)n(-c2cccc(Cl)c2)c(O)c1/C=C1\C=CC=N1. The normalized spacial score (nSPS) is 14.9. The predicted molar refractivity (Wildman–Crippen MR) is 89.5 cm³/mol. The smallest absolute Gasteiger partial charge is 0.262 e. The van der Waals surface area contributed by atoms with Gasteiger partial charge in [-0.3, -0.25) is 19.3 Å². The van der Waals surface area contributed by atoms with Crippen molar-refractivity contribution in [3.05, 3.63) is 67.8 Å². The Bertz CT molecular complexity index is 940. The first-order chi connectivity index (χ1) is 10.6. The second kappa shape index (κ2) is 5.75. The Morgan fingerprint density at radius 3 is 2.91 bits per heavy atom. The Balaban J connectivity index is 2.26. The van der Waals surface area contributed by atoms with Crippen molar-refractivity contribution in [1.29, 1.82) is 0 Å². The van der Waals surface area contributed by atoms with E-state index >= 15 is 0 Å². The van der Waals surface area contributed by atoms with Crippen LogP contribution in [0.1, 0.15) is 5.56 Å². The summed E-state index contributed by atoms with van der Waals surface area (Å²) in [6.45, 7) is 0. The summed E-state index contributed by atoms with van der Waals surface area (Å²) >= 11 is 11.1. The van der Waals surface area contributed by atoms with E-state index in [2.05, 4.69) is 9.98 Å². The third kappa shape index (κ3) is 2.66. The summed E-state index contributed by atoms with van der Waals surface area (Å²) in [6.07, 6.45) is 6.56. The van der Waals surface area contributed by atoms with Gasteiger partial charge in [0.2, 0.25) is 5.88 Å². The van der Waals surface area contributed by atoms with Crippen LogP contribution in [-0.4, -0.2) is 20.9 Å². The van der Waals surface area contributed by atoms with Gasteiger partial charge in [0.15, 0.2) is 4.77 Å². The van der Waals surface area contributed by atoms with Gasteiger partial charge in [-0.1, -0.05) is 17.7 Å². The monoisotopic (exact) mass is 331 g/mol. The van der Waals surface area contributed by atoms with Crippen molar-refractivity contribution < 1.29 is 5.11 Å². The molecule has 0 spiro atoms. The first-order valence-electron chi connectivity index (χ1n) is 6.33. The number of aromatic hydroxyl groups is 1. The minimum Gasteiger partial charge on any atom is -0.494 e. The second-order valence-electron chi connectivity index (χ2n) is 4.52. The number of H-pyrrole nitrogens is 1. The lowest BCUT2D eigenvalue weighted by molar-refractivity contribution is 0.432. The average molecular weight is 332 g/mol. The molecule has 1 aliphatic rings. The number of aromatic nitrogens is 2. The van der Waals surface area contributed by atoms with Crippen molar-refractivity contribution in [3.8, 4) is 11.6 Å². The molecule has 0 radical (unpaired) electrons. The van der Waals surface area contributed by atoms with Gasteiger partial charge in [-0.05, 0) is 48.6 Å². The molecule has 0 aliphatic carbocycles. The number of nitrogens with one attached hydrogen (secondary N) is 1. The first-order valence-corrected chi connectivity index (χ1v) is 7.11. The van der Waals surface area contributed by atoms with E-state index in [4.69, 9.17) is 23.8 Å². The molecule has 0 amide bonds. The van der Waals surface area contributed by atoms with Crippen LogP contribution in [0.15, 0.2) is 51.9 Å². The van der Waals surface area contributed by atoms with Gasteiger partial charge in [0.25, 0.3) is 5.56 Å². The van der Waals surface area contributed by atoms with Crippen LogP contribution in [0.25, 0.3) is 11.8 Å². The molecule has 2 heterocycles. The Morgan fingerprint density at radius 2 is 2.23 bits per heavy atom. The summed E-state index contributed by atoms with van der Waals surface area (Å²) in [5.41, 5.74) is 0.711. The molecule has 0 unspecified atom stereocenters. The van der Waals surface area contributed by atoms with Crippen molar-refractivity contribution in [1.82, 2.24) is 9.55 Å². The van der Waals surface area contributed by atoms with E-state index in [9.17, 15) is 9.90 Å². The van der Waals surface area contributed by atoms with Crippen LogP contribution in [0.5, 0.6) is 5.88 Å². The number of aliphatic imine (C=N–C) groups is 1. The fourth-order valence-electron chi connectivity index (χ4n) is 2.07. The molecule has 0 atom stereocenters. The molecule has 0 saturated carbocycles. The zero-order chi connectivity index (χ0) is 15.7. The third-order valence-electron chi connectivity index (χ3n) is 3.06. The fraction of sp³-hybridized carbons (Fsp3) is 0. The largest absolute Gasteiger partial charge is 0.494 e. The molecule has 1 aromatic carbocycles. The van der Waals surface area contributed by atoms with Gasteiger partial charge >= 0.3 is 0 Å². The van der Waals surface area contributed by atoms with E-state index in [1.165, 1.54) is 10.6 Å². The third-order valence-corrected chi connectivity index (χ3v) is 3.58. The maximum Gasteiger partial charge on any atom is 0.262 e. The van der Waals surface area contributed by atoms with Gasteiger partial charge in [0.05, 0.1) is 11.4 Å². The van der Waals surface area contributed by atoms with Crippen molar-refractivity contribution in [3.63, 3.8) is 0 Å². The molecule has 5 nitrogen and oxygen atoms in total.